The quantitative estimate of drug-likeness (QED) is 0.807. The van der Waals surface area contributed by atoms with Crippen LogP contribution in [0.5, 0.6) is 0 Å². The van der Waals surface area contributed by atoms with Crippen LogP contribution in [0.3, 0.4) is 0 Å². The van der Waals surface area contributed by atoms with Crippen LogP contribution in [0, 0.1) is 0 Å². The molecule has 0 aromatic carbocycles. The maximum absolute atomic E-state index is 12.2. The second-order valence-electron chi connectivity index (χ2n) is 3.73. The molecular weight excluding hydrogens is 313 g/mol. The van der Waals surface area contributed by atoms with Gasteiger partial charge in [-0.3, -0.25) is 0 Å². The van der Waals surface area contributed by atoms with Crippen LogP contribution in [0.4, 0.5) is 23.9 Å². The molecule has 3 N–H and O–H groups in total. The van der Waals surface area contributed by atoms with Gasteiger partial charge in [-0.2, -0.15) is 13.2 Å². The van der Waals surface area contributed by atoms with Gasteiger partial charge in [-0.05, 0) is 6.92 Å². The number of halogens is 3. The molecule has 0 aliphatic heterocycles. The summed E-state index contributed by atoms with van der Waals surface area (Å²) in [5.74, 6) is -1.76. The molecule has 0 atom stereocenters. The van der Waals surface area contributed by atoms with Gasteiger partial charge >= 0.3 is 18.1 Å². The molecule has 21 heavy (non-hydrogen) atoms. The minimum atomic E-state index is -4.49. The van der Waals surface area contributed by atoms with E-state index in [1.807, 2.05) is 5.32 Å². The number of alkyl halides is 3. The molecule has 0 amide bonds. The van der Waals surface area contributed by atoms with Crippen molar-refractivity contribution in [1.82, 2.24) is 0 Å². The van der Waals surface area contributed by atoms with E-state index in [1.165, 1.54) is 0 Å². The van der Waals surface area contributed by atoms with Gasteiger partial charge in [-0.15, -0.1) is 11.3 Å². The first-order valence-electron chi connectivity index (χ1n) is 5.69. The highest BCUT2D eigenvalue weighted by Crippen LogP contribution is 2.37. The second-order valence-corrected chi connectivity index (χ2v) is 4.75. The van der Waals surface area contributed by atoms with Crippen LogP contribution in [0.1, 0.15) is 27.0 Å². The van der Waals surface area contributed by atoms with E-state index in [0.717, 1.165) is 7.11 Å². The number of carbonyl (C=O) groups is 2. The van der Waals surface area contributed by atoms with E-state index in [9.17, 15) is 22.8 Å². The van der Waals surface area contributed by atoms with Crippen LogP contribution in [-0.4, -0.2) is 38.4 Å². The Morgan fingerprint density at radius 3 is 2.43 bits per heavy atom. The first kappa shape index (κ1) is 17.1. The molecule has 0 aliphatic carbocycles. The first-order valence-corrected chi connectivity index (χ1v) is 6.51. The Kier molecular flexibility index (Phi) is 5.41. The third kappa shape index (κ3) is 4.25. The van der Waals surface area contributed by atoms with Crippen LogP contribution in [0.2, 0.25) is 0 Å². The van der Waals surface area contributed by atoms with Gasteiger partial charge in [0.1, 0.15) is 22.0 Å². The van der Waals surface area contributed by atoms with Crippen molar-refractivity contribution < 1.29 is 32.2 Å². The number of carbonyl (C=O) groups excluding carboxylic acids is 2. The van der Waals surface area contributed by atoms with Crippen molar-refractivity contribution >= 4 is 34.0 Å². The number of nitrogens with one attached hydrogen (secondary N) is 1. The molecule has 1 aromatic rings. The summed E-state index contributed by atoms with van der Waals surface area (Å²) < 4.78 is 45.9. The average Bonchev–Trinajstić information content (AvgIpc) is 2.72. The van der Waals surface area contributed by atoms with Crippen molar-refractivity contribution in [3.8, 4) is 0 Å². The molecule has 0 spiro atoms. The molecule has 0 saturated heterocycles. The number of anilines is 2. The van der Waals surface area contributed by atoms with Gasteiger partial charge in [0, 0.05) is 0 Å². The maximum Gasteiger partial charge on any atom is 0.405 e. The standard InChI is InChI=1S/C11H13F3N2O4S/c1-3-20-10(18)7-6(15)5(9(17)19-2)8(21-7)16-4-11(12,13)14/h16H,3-4,15H2,1-2H3. The van der Waals surface area contributed by atoms with E-state index >= 15 is 0 Å². The van der Waals surface area contributed by atoms with E-state index < -0.39 is 24.7 Å². The van der Waals surface area contributed by atoms with Crippen molar-refractivity contribution in [2.24, 2.45) is 0 Å². The summed E-state index contributed by atoms with van der Waals surface area (Å²) in [5.41, 5.74) is 5.06. The average molecular weight is 326 g/mol. The monoisotopic (exact) mass is 326 g/mol. The van der Waals surface area contributed by atoms with Crippen LogP contribution in [-0.2, 0) is 9.47 Å². The summed E-state index contributed by atoms with van der Waals surface area (Å²) in [4.78, 5) is 23.1. The number of rotatable bonds is 5. The number of nitrogens with two attached hydrogens (primary N) is 1. The third-order valence-corrected chi connectivity index (χ3v) is 3.39. The van der Waals surface area contributed by atoms with Gasteiger partial charge in [0.2, 0.25) is 0 Å². The topological polar surface area (TPSA) is 90.6 Å². The van der Waals surface area contributed by atoms with Crippen molar-refractivity contribution in [3.05, 3.63) is 10.4 Å². The summed E-state index contributed by atoms with van der Waals surface area (Å²) in [5, 5.41) is 1.84. The van der Waals surface area contributed by atoms with Crippen molar-refractivity contribution in [1.29, 1.82) is 0 Å². The minimum Gasteiger partial charge on any atom is -0.465 e. The normalized spacial score (nSPS) is 11.1. The summed E-state index contributed by atoms with van der Waals surface area (Å²) in [6.45, 7) is 0.250. The van der Waals surface area contributed by atoms with Gasteiger partial charge in [0.05, 0.1) is 19.4 Å². The number of methoxy groups -OCH3 is 1. The summed E-state index contributed by atoms with van der Waals surface area (Å²) >= 11 is 0.607. The van der Waals surface area contributed by atoms with Gasteiger partial charge < -0.3 is 20.5 Å². The molecule has 118 valence electrons. The lowest BCUT2D eigenvalue weighted by atomic mass is 10.2. The zero-order valence-corrected chi connectivity index (χ0v) is 12.0. The van der Waals surface area contributed by atoms with Gasteiger partial charge in [0.15, 0.2) is 0 Å². The van der Waals surface area contributed by atoms with Crippen molar-refractivity contribution in [3.63, 3.8) is 0 Å². The third-order valence-electron chi connectivity index (χ3n) is 2.24. The van der Waals surface area contributed by atoms with E-state index in [2.05, 4.69) is 4.74 Å². The first-order chi connectivity index (χ1) is 9.71. The highest BCUT2D eigenvalue weighted by Gasteiger charge is 2.31. The van der Waals surface area contributed by atoms with Gasteiger partial charge in [0.25, 0.3) is 0 Å². The van der Waals surface area contributed by atoms with Crippen molar-refractivity contribution in [2.45, 2.75) is 13.1 Å². The molecule has 0 fully saturated rings. The van der Waals surface area contributed by atoms with E-state index in [4.69, 9.17) is 10.5 Å². The zero-order chi connectivity index (χ0) is 16.2. The van der Waals surface area contributed by atoms with Gasteiger partial charge in [-0.1, -0.05) is 0 Å². The number of hydrogen-bond donors (Lipinski definition) is 2. The lowest BCUT2D eigenvalue weighted by Gasteiger charge is -2.09. The Bertz CT molecular complexity index is 542. The number of nitrogen functional groups attached to an aromatic ring is 1. The molecule has 0 unspecified atom stereocenters. The predicted molar refractivity (Wildman–Crippen MR) is 70.6 cm³/mol. The molecule has 0 bridgehead atoms. The molecule has 10 heteroatoms. The summed E-state index contributed by atoms with van der Waals surface area (Å²) in [6, 6.07) is 0. The smallest absolute Gasteiger partial charge is 0.405 e. The van der Waals surface area contributed by atoms with Crippen LogP contribution in [0.15, 0.2) is 0 Å². The molecule has 1 heterocycles. The Labute approximate surface area is 122 Å². The fourth-order valence-corrected chi connectivity index (χ4v) is 2.40. The predicted octanol–water partition coefficient (Wildman–Crippen LogP) is 2.27. The molecule has 6 nitrogen and oxygen atoms in total. The van der Waals surface area contributed by atoms with Crippen LogP contribution >= 0.6 is 11.3 Å². The Morgan fingerprint density at radius 1 is 1.33 bits per heavy atom. The molecule has 1 aromatic heterocycles. The van der Waals surface area contributed by atoms with Gasteiger partial charge in [-0.25, -0.2) is 9.59 Å². The number of hydrogen-bond acceptors (Lipinski definition) is 7. The van der Waals surface area contributed by atoms with Crippen molar-refractivity contribution in [2.75, 3.05) is 31.3 Å². The minimum absolute atomic E-state index is 0.0645. The number of thiophene rings is 1. The van der Waals surface area contributed by atoms with E-state index in [1.54, 1.807) is 6.92 Å². The Morgan fingerprint density at radius 2 is 1.95 bits per heavy atom. The summed E-state index contributed by atoms with van der Waals surface area (Å²) in [7, 11) is 1.05. The largest absolute Gasteiger partial charge is 0.465 e. The Hall–Kier alpha value is -1.97. The number of esters is 2. The lowest BCUT2D eigenvalue weighted by Crippen LogP contribution is -2.22. The van der Waals surface area contributed by atoms with Crippen LogP contribution in [0.25, 0.3) is 0 Å². The highest BCUT2D eigenvalue weighted by atomic mass is 32.1. The maximum atomic E-state index is 12.2. The van der Waals surface area contributed by atoms with E-state index in [0.29, 0.717) is 11.3 Å². The lowest BCUT2D eigenvalue weighted by molar-refractivity contribution is -0.115. The molecular formula is C11H13F3N2O4S. The van der Waals surface area contributed by atoms with Crippen LogP contribution < -0.4 is 11.1 Å². The van der Waals surface area contributed by atoms with E-state index in [-0.39, 0.29) is 27.7 Å². The Balaban J connectivity index is 3.18. The summed E-state index contributed by atoms with van der Waals surface area (Å²) in [6.07, 6.45) is -4.49. The SMILES string of the molecule is CCOC(=O)c1sc(NCC(F)(F)F)c(C(=O)OC)c1N. The fraction of sp³-hybridized carbons (Fsp3) is 0.455. The number of ether oxygens (including phenoxy) is 2. The fourth-order valence-electron chi connectivity index (χ4n) is 1.40. The molecule has 0 aliphatic rings. The molecule has 0 saturated carbocycles. The molecule has 0 radical (unpaired) electrons. The second kappa shape index (κ2) is 6.66. The molecule has 1 rings (SSSR count). The highest BCUT2D eigenvalue weighted by molar-refractivity contribution is 7.19. The zero-order valence-electron chi connectivity index (χ0n) is 11.2.